The number of furan rings is 1. The fraction of sp³-hybridized carbons (Fsp3) is 0.222. The maximum atomic E-state index is 10.9. The van der Waals surface area contributed by atoms with Crippen LogP contribution in [-0.2, 0) is 4.79 Å². The van der Waals surface area contributed by atoms with Crippen LogP contribution in [-0.4, -0.2) is 5.91 Å². The number of hydrogen-bond acceptors (Lipinski definition) is 2. The summed E-state index contributed by atoms with van der Waals surface area (Å²) in [5, 5.41) is 2.71. The molecule has 1 N–H and O–H groups in total. The SMILES string of the molecule is C=CC(=O)N[C@@H](C)c1ccoc1. The lowest BCUT2D eigenvalue weighted by Gasteiger charge is -2.08. The predicted octanol–water partition coefficient (Wildman–Crippen LogP) is 1.64. The molecule has 3 heteroatoms. The van der Waals surface area contributed by atoms with Crippen LogP contribution in [0.2, 0.25) is 0 Å². The minimum atomic E-state index is -0.177. The van der Waals surface area contributed by atoms with Gasteiger partial charge in [0.1, 0.15) is 0 Å². The molecule has 0 spiro atoms. The summed E-state index contributed by atoms with van der Waals surface area (Å²) < 4.78 is 4.87. The van der Waals surface area contributed by atoms with Gasteiger partial charge in [-0.3, -0.25) is 4.79 Å². The second kappa shape index (κ2) is 3.76. The molecule has 0 aliphatic heterocycles. The lowest BCUT2D eigenvalue weighted by atomic mass is 10.2. The van der Waals surface area contributed by atoms with Crippen molar-refractivity contribution in [2.24, 2.45) is 0 Å². The molecule has 0 aliphatic carbocycles. The van der Waals surface area contributed by atoms with Gasteiger partial charge in [-0.05, 0) is 19.1 Å². The Balaban J connectivity index is 2.55. The normalized spacial score (nSPS) is 12.1. The Hall–Kier alpha value is -1.51. The van der Waals surface area contributed by atoms with Crippen molar-refractivity contribution in [2.45, 2.75) is 13.0 Å². The molecule has 0 bridgehead atoms. The fourth-order valence-corrected chi connectivity index (χ4v) is 0.877. The number of carbonyl (C=O) groups is 1. The van der Waals surface area contributed by atoms with E-state index in [1.807, 2.05) is 13.0 Å². The van der Waals surface area contributed by atoms with Crippen LogP contribution in [0, 0.1) is 0 Å². The minimum absolute atomic E-state index is 0.0331. The van der Waals surface area contributed by atoms with Gasteiger partial charge in [0.2, 0.25) is 5.91 Å². The number of rotatable bonds is 3. The standard InChI is InChI=1S/C9H11NO2/c1-3-9(11)10-7(2)8-4-5-12-6-8/h3-7H,1H2,2H3,(H,10,11)/t7-/m0/s1. The van der Waals surface area contributed by atoms with E-state index in [2.05, 4.69) is 11.9 Å². The smallest absolute Gasteiger partial charge is 0.243 e. The maximum absolute atomic E-state index is 10.9. The zero-order chi connectivity index (χ0) is 8.97. The zero-order valence-electron chi connectivity index (χ0n) is 6.91. The van der Waals surface area contributed by atoms with Gasteiger partial charge in [0.25, 0.3) is 0 Å². The minimum Gasteiger partial charge on any atom is -0.472 e. The van der Waals surface area contributed by atoms with E-state index in [0.717, 1.165) is 5.56 Å². The average molecular weight is 165 g/mol. The number of hydrogen-bond donors (Lipinski definition) is 1. The van der Waals surface area contributed by atoms with Crippen LogP contribution in [0.1, 0.15) is 18.5 Å². The van der Waals surface area contributed by atoms with Gasteiger partial charge in [0, 0.05) is 5.56 Å². The van der Waals surface area contributed by atoms with E-state index in [1.165, 1.54) is 6.08 Å². The first-order valence-corrected chi connectivity index (χ1v) is 3.69. The summed E-state index contributed by atoms with van der Waals surface area (Å²) in [5.74, 6) is -0.177. The Morgan fingerprint density at radius 2 is 2.58 bits per heavy atom. The molecule has 0 radical (unpaired) electrons. The molecule has 1 heterocycles. The van der Waals surface area contributed by atoms with Crippen molar-refractivity contribution in [1.29, 1.82) is 0 Å². The zero-order valence-corrected chi connectivity index (χ0v) is 6.91. The van der Waals surface area contributed by atoms with Crippen LogP contribution in [0.4, 0.5) is 0 Å². The van der Waals surface area contributed by atoms with Crippen molar-refractivity contribution in [3.8, 4) is 0 Å². The Labute approximate surface area is 71.1 Å². The largest absolute Gasteiger partial charge is 0.472 e. The van der Waals surface area contributed by atoms with E-state index in [9.17, 15) is 4.79 Å². The fourth-order valence-electron chi connectivity index (χ4n) is 0.877. The van der Waals surface area contributed by atoms with E-state index in [1.54, 1.807) is 12.5 Å². The second-order valence-electron chi connectivity index (χ2n) is 2.49. The molecule has 0 unspecified atom stereocenters. The Bertz CT molecular complexity index is 264. The number of amides is 1. The summed E-state index contributed by atoms with van der Waals surface area (Å²) in [7, 11) is 0. The quantitative estimate of drug-likeness (QED) is 0.692. The Morgan fingerprint density at radius 3 is 3.08 bits per heavy atom. The first kappa shape index (κ1) is 8.59. The van der Waals surface area contributed by atoms with Crippen LogP contribution in [0.3, 0.4) is 0 Å². The summed E-state index contributed by atoms with van der Waals surface area (Å²) in [6.07, 6.45) is 4.43. The highest BCUT2D eigenvalue weighted by Gasteiger charge is 2.07. The summed E-state index contributed by atoms with van der Waals surface area (Å²) in [5.41, 5.74) is 0.949. The van der Waals surface area contributed by atoms with E-state index < -0.39 is 0 Å². The Kier molecular flexibility index (Phi) is 2.69. The highest BCUT2D eigenvalue weighted by molar-refractivity contribution is 5.87. The molecule has 0 aliphatic rings. The molecule has 0 saturated heterocycles. The number of nitrogens with one attached hydrogen (secondary N) is 1. The molecule has 0 fully saturated rings. The van der Waals surface area contributed by atoms with Crippen LogP contribution in [0.5, 0.6) is 0 Å². The van der Waals surface area contributed by atoms with E-state index in [0.29, 0.717) is 0 Å². The summed E-state index contributed by atoms with van der Waals surface area (Å²) in [6, 6.07) is 1.78. The predicted molar refractivity (Wildman–Crippen MR) is 45.5 cm³/mol. The molecule has 1 amide bonds. The molecule has 1 aromatic heterocycles. The maximum Gasteiger partial charge on any atom is 0.243 e. The average Bonchev–Trinajstić information content (AvgIpc) is 2.56. The third-order valence-electron chi connectivity index (χ3n) is 1.59. The van der Waals surface area contributed by atoms with Gasteiger partial charge in [0.15, 0.2) is 0 Å². The van der Waals surface area contributed by atoms with Gasteiger partial charge in [-0.25, -0.2) is 0 Å². The third kappa shape index (κ3) is 1.99. The first-order chi connectivity index (χ1) is 5.74. The molecule has 1 atom stereocenters. The van der Waals surface area contributed by atoms with Crippen molar-refractivity contribution in [2.75, 3.05) is 0 Å². The van der Waals surface area contributed by atoms with E-state index >= 15 is 0 Å². The second-order valence-corrected chi connectivity index (χ2v) is 2.49. The van der Waals surface area contributed by atoms with Gasteiger partial charge < -0.3 is 9.73 Å². The molecule has 64 valence electrons. The van der Waals surface area contributed by atoms with Gasteiger partial charge in [0.05, 0.1) is 18.6 Å². The van der Waals surface area contributed by atoms with Gasteiger partial charge >= 0.3 is 0 Å². The van der Waals surface area contributed by atoms with Gasteiger partial charge in [-0.15, -0.1) is 0 Å². The van der Waals surface area contributed by atoms with Crippen molar-refractivity contribution >= 4 is 5.91 Å². The van der Waals surface area contributed by atoms with Crippen LogP contribution < -0.4 is 5.32 Å². The van der Waals surface area contributed by atoms with Crippen molar-refractivity contribution in [1.82, 2.24) is 5.32 Å². The summed E-state index contributed by atoms with van der Waals surface area (Å²) in [4.78, 5) is 10.9. The van der Waals surface area contributed by atoms with Crippen LogP contribution >= 0.6 is 0 Å². The topological polar surface area (TPSA) is 42.2 Å². The Morgan fingerprint density at radius 1 is 1.83 bits per heavy atom. The van der Waals surface area contributed by atoms with Crippen LogP contribution in [0.15, 0.2) is 35.7 Å². The van der Waals surface area contributed by atoms with E-state index in [-0.39, 0.29) is 11.9 Å². The molecular weight excluding hydrogens is 154 g/mol. The van der Waals surface area contributed by atoms with Gasteiger partial charge in [-0.2, -0.15) is 0 Å². The summed E-state index contributed by atoms with van der Waals surface area (Å²) in [6.45, 7) is 5.24. The summed E-state index contributed by atoms with van der Waals surface area (Å²) >= 11 is 0. The molecule has 0 aromatic carbocycles. The van der Waals surface area contributed by atoms with Gasteiger partial charge in [-0.1, -0.05) is 6.58 Å². The van der Waals surface area contributed by atoms with Crippen molar-refractivity contribution < 1.29 is 9.21 Å². The molecule has 12 heavy (non-hydrogen) atoms. The van der Waals surface area contributed by atoms with Crippen molar-refractivity contribution in [3.63, 3.8) is 0 Å². The number of carbonyl (C=O) groups excluding carboxylic acids is 1. The monoisotopic (exact) mass is 165 g/mol. The third-order valence-corrected chi connectivity index (χ3v) is 1.59. The molecule has 1 aromatic rings. The lowest BCUT2D eigenvalue weighted by Crippen LogP contribution is -2.23. The van der Waals surface area contributed by atoms with Crippen molar-refractivity contribution in [3.05, 3.63) is 36.8 Å². The first-order valence-electron chi connectivity index (χ1n) is 3.69. The highest BCUT2D eigenvalue weighted by Crippen LogP contribution is 2.11. The lowest BCUT2D eigenvalue weighted by molar-refractivity contribution is -0.117. The van der Waals surface area contributed by atoms with Crippen LogP contribution in [0.25, 0.3) is 0 Å². The molecule has 1 rings (SSSR count). The molecule has 3 nitrogen and oxygen atoms in total. The molecule has 0 saturated carbocycles. The highest BCUT2D eigenvalue weighted by atomic mass is 16.3. The molecular formula is C9H11NO2. The van der Waals surface area contributed by atoms with E-state index in [4.69, 9.17) is 4.42 Å².